The Morgan fingerprint density at radius 2 is 1.86 bits per heavy atom. The van der Waals surface area contributed by atoms with Crippen LogP contribution in [0.25, 0.3) is 0 Å². The van der Waals surface area contributed by atoms with E-state index in [1.807, 2.05) is 0 Å². The second-order valence-corrected chi connectivity index (χ2v) is 5.12. The Balaban J connectivity index is 1.86. The van der Waals surface area contributed by atoms with E-state index in [1.165, 1.54) is 12.1 Å². The summed E-state index contributed by atoms with van der Waals surface area (Å²) >= 11 is 6.15. The van der Waals surface area contributed by atoms with Gasteiger partial charge in [0.2, 0.25) is 6.79 Å². The standard InChI is InChI=1S/C15H12ClF2NO2/c1-8(10-3-2-9(17)4-12(10)18)19-13-6-15-14(5-11(13)16)20-7-21-15/h2-6,8,19H,7H2,1H3. The van der Waals surface area contributed by atoms with Crippen LogP contribution in [0.1, 0.15) is 18.5 Å². The van der Waals surface area contributed by atoms with E-state index in [-0.39, 0.29) is 12.8 Å². The van der Waals surface area contributed by atoms with E-state index < -0.39 is 11.6 Å². The number of halogens is 3. The van der Waals surface area contributed by atoms with Gasteiger partial charge in [-0.25, -0.2) is 8.78 Å². The summed E-state index contributed by atoms with van der Waals surface area (Å²) in [5.41, 5.74) is 0.947. The van der Waals surface area contributed by atoms with Crippen molar-refractivity contribution in [2.24, 2.45) is 0 Å². The number of anilines is 1. The number of hydrogen-bond acceptors (Lipinski definition) is 3. The number of ether oxygens (including phenoxy) is 2. The lowest BCUT2D eigenvalue weighted by atomic mass is 10.1. The van der Waals surface area contributed by atoms with Gasteiger partial charge in [0, 0.05) is 23.8 Å². The van der Waals surface area contributed by atoms with Crippen molar-refractivity contribution in [1.82, 2.24) is 0 Å². The van der Waals surface area contributed by atoms with E-state index in [1.54, 1.807) is 19.1 Å². The van der Waals surface area contributed by atoms with Crippen LogP contribution in [0.4, 0.5) is 14.5 Å². The molecular weight excluding hydrogens is 300 g/mol. The van der Waals surface area contributed by atoms with Crippen molar-refractivity contribution in [3.63, 3.8) is 0 Å². The Morgan fingerprint density at radius 3 is 2.57 bits per heavy atom. The van der Waals surface area contributed by atoms with E-state index in [2.05, 4.69) is 5.32 Å². The van der Waals surface area contributed by atoms with Gasteiger partial charge in [0.1, 0.15) is 11.6 Å². The maximum atomic E-state index is 13.8. The fourth-order valence-corrected chi connectivity index (χ4v) is 2.40. The fraction of sp³-hybridized carbons (Fsp3) is 0.200. The first-order valence-electron chi connectivity index (χ1n) is 6.35. The average Bonchev–Trinajstić information content (AvgIpc) is 2.86. The predicted octanol–water partition coefficient (Wildman–Crippen LogP) is 4.52. The van der Waals surface area contributed by atoms with Crippen molar-refractivity contribution >= 4 is 17.3 Å². The number of hydrogen-bond donors (Lipinski definition) is 1. The quantitative estimate of drug-likeness (QED) is 0.904. The maximum absolute atomic E-state index is 13.8. The van der Waals surface area contributed by atoms with Crippen LogP contribution in [0.5, 0.6) is 11.5 Å². The zero-order valence-electron chi connectivity index (χ0n) is 11.1. The molecule has 3 nitrogen and oxygen atoms in total. The Labute approximate surface area is 125 Å². The minimum Gasteiger partial charge on any atom is -0.454 e. The number of rotatable bonds is 3. The van der Waals surface area contributed by atoms with E-state index >= 15 is 0 Å². The Bertz CT molecular complexity index is 694. The lowest BCUT2D eigenvalue weighted by Gasteiger charge is -2.17. The molecule has 2 aromatic carbocycles. The second kappa shape index (κ2) is 5.41. The molecule has 1 aliphatic rings. The van der Waals surface area contributed by atoms with Crippen molar-refractivity contribution in [2.45, 2.75) is 13.0 Å². The molecule has 2 aromatic rings. The highest BCUT2D eigenvalue weighted by atomic mass is 35.5. The zero-order chi connectivity index (χ0) is 15.0. The van der Waals surface area contributed by atoms with Crippen LogP contribution < -0.4 is 14.8 Å². The fourth-order valence-electron chi connectivity index (χ4n) is 2.19. The Kier molecular flexibility index (Phi) is 3.59. The van der Waals surface area contributed by atoms with E-state index in [4.69, 9.17) is 21.1 Å². The molecule has 110 valence electrons. The molecule has 0 amide bonds. The second-order valence-electron chi connectivity index (χ2n) is 4.72. The van der Waals surface area contributed by atoms with Crippen molar-refractivity contribution in [2.75, 3.05) is 12.1 Å². The van der Waals surface area contributed by atoms with Crippen molar-refractivity contribution in [1.29, 1.82) is 0 Å². The molecule has 3 rings (SSSR count). The van der Waals surface area contributed by atoms with Gasteiger partial charge >= 0.3 is 0 Å². The van der Waals surface area contributed by atoms with Gasteiger partial charge in [0.05, 0.1) is 16.8 Å². The smallest absolute Gasteiger partial charge is 0.231 e. The van der Waals surface area contributed by atoms with E-state index in [0.717, 1.165) is 6.07 Å². The molecule has 0 saturated carbocycles. The minimum absolute atomic E-state index is 0.150. The number of nitrogens with one attached hydrogen (secondary N) is 1. The van der Waals surface area contributed by atoms with Gasteiger partial charge in [-0.15, -0.1) is 0 Å². The highest BCUT2D eigenvalue weighted by Gasteiger charge is 2.18. The molecular formula is C15H12ClF2NO2. The third kappa shape index (κ3) is 2.74. The van der Waals surface area contributed by atoms with Gasteiger partial charge in [-0.3, -0.25) is 0 Å². The SMILES string of the molecule is CC(Nc1cc2c(cc1Cl)OCO2)c1ccc(F)cc1F. The first-order valence-corrected chi connectivity index (χ1v) is 6.73. The molecule has 1 aliphatic heterocycles. The largest absolute Gasteiger partial charge is 0.454 e. The molecule has 1 N–H and O–H groups in total. The third-order valence-corrected chi connectivity index (χ3v) is 3.58. The first kappa shape index (κ1) is 13.9. The molecule has 0 fully saturated rings. The maximum Gasteiger partial charge on any atom is 0.231 e. The lowest BCUT2D eigenvalue weighted by molar-refractivity contribution is 0.174. The van der Waals surface area contributed by atoms with Crippen molar-refractivity contribution in [3.8, 4) is 11.5 Å². The minimum atomic E-state index is -0.607. The lowest BCUT2D eigenvalue weighted by Crippen LogP contribution is -2.09. The van der Waals surface area contributed by atoms with Gasteiger partial charge in [-0.05, 0) is 13.0 Å². The number of benzene rings is 2. The van der Waals surface area contributed by atoms with Gasteiger partial charge in [0.15, 0.2) is 11.5 Å². The topological polar surface area (TPSA) is 30.5 Å². The van der Waals surface area contributed by atoms with Crippen molar-refractivity contribution in [3.05, 3.63) is 52.6 Å². The summed E-state index contributed by atoms with van der Waals surface area (Å²) < 4.78 is 37.2. The van der Waals surface area contributed by atoms with E-state index in [9.17, 15) is 8.78 Å². The van der Waals surface area contributed by atoms with Crippen molar-refractivity contribution < 1.29 is 18.3 Å². The van der Waals surface area contributed by atoms with Crippen LogP contribution in [-0.4, -0.2) is 6.79 Å². The highest BCUT2D eigenvalue weighted by molar-refractivity contribution is 6.33. The van der Waals surface area contributed by atoms with Crippen LogP contribution in [0.2, 0.25) is 5.02 Å². The van der Waals surface area contributed by atoms with Gasteiger partial charge < -0.3 is 14.8 Å². The van der Waals surface area contributed by atoms with Crippen LogP contribution in [-0.2, 0) is 0 Å². The molecule has 6 heteroatoms. The van der Waals surface area contributed by atoms with Gasteiger partial charge in [-0.2, -0.15) is 0 Å². The average molecular weight is 312 g/mol. The van der Waals surface area contributed by atoms with Gasteiger partial charge in [0.25, 0.3) is 0 Å². The predicted molar refractivity (Wildman–Crippen MR) is 76.0 cm³/mol. The summed E-state index contributed by atoms with van der Waals surface area (Å²) in [5.74, 6) is -0.0590. The first-order chi connectivity index (χ1) is 10.0. The summed E-state index contributed by atoms with van der Waals surface area (Å²) in [5, 5.41) is 3.53. The summed E-state index contributed by atoms with van der Waals surface area (Å²) in [4.78, 5) is 0. The van der Waals surface area contributed by atoms with Crippen LogP contribution in [0.15, 0.2) is 30.3 Å². The highest BCUT2D eigenvalue weighted by Crippen LogP contribution is 2.40. The molecule has 21 heavy (non-hydrogen) atoms. The molecule has 0 aromatic heterocycles. The Morgan fingerprint density at radius 1 is 1.14 bits per heavy atom. The van der Waals surface area contributed by atoms with Crippen LogP contribution in [0.3, 0.4) is 0 Å². The Hall–Kier alpha value is -2.01. The molecule has 1 atom stereocenters. The molecule has 0 bridgehead atoms. The summed E-state index contributed by atoms with van der Waals surface area (Å²) in [7, 11) is 0. The molecule has 0 radical (unpaired) electrons. The summed E-state index contributed by atoms with van der Waals surface area (Å²) in [6, 6.07) is 6.43. The molecule has 1 heterocycles. The number of fused-ring (bicyclic) bond motifs is 1. The van der Waals surface area contributed by atoms with Gasteiger partial charge in [-0.1, -0.05) is 17.7 Å². The third-order valence-electron chi connectivity index (χ3n) is 3.26. The summed E-state index contributed by atoms with van der Waals surface area (Å²) in [6.45, 7) is 1.91. The normalized spacial score (nSPS) is 14.1. The van der Waals surface area contributed by atoms with Crippen LogP contribution in [0, 0.1) is 11.6 Å². The molecule has 0 aliphatic carbocycles. The molecule has 0 saturated heterocycles. The van der Waals surface area contributed by atoms with E-state index in [0.29, 0.717) is 27.8 Å². The monoisotopic (exact) mass is 311 g/mol. The van der Waals surface area contributed by atoms with Crippen LogP contribution >= 0.6 is 11.6 Å². The zero-order valence-corrected chi connectivity index (χ0v) is 11.9. The molecule has 1 unspecified atom stereocenters. The molecule has 0 spiro atoms. The summed E-state index contributed by atoms with van der Waals surface area (Å²) in [6.07, 6.45) is 0.